The van der Waals surface area contributed by atoms with E-state index >= 15 is 0 Å². The van der Waals surface area contributed by atoms with Crippen molar-refractivity contribution in [1.82, 2.24) is 0 Å². The van der Waals surface area contributed by atoms with Crippen LogP contribution in [-0.2, 0) is 4.79 Å². The molecule has 0 saturated heterocycles. The maximum Gasteiger partial charge on any atom is 0.248 e. The van der Waals surface area contributed by atoms with Gasteiger partial charge in [0.15, 0.2) is 0 Å². The lowest BCUT2D eigenvalue weighted by molar-refractivity contribution is -0.117. The van der Waals surface area contributed by atoms with Crippen LogP contribution in [0.15, 0.2) is 12.1 Å². The zero-order valence-corrected chi connectivity index (χ0v) is 12.2. The summed E-state index contributed by atoms with van der Waals surface area (Å²) in [5, 5.41) is 2.53. The van der Waals surface area contributed by atoms with Crippen molar-refractivity contribution in [2.24, 2.45) is 11.5 Å². The first-order valence-electron chi connectivity index (χ1n) is 6.02. The third-order valence-electron chi connectivity index (χ3n) is 2.86. The highest BCUT2D eigenvalue weighted by Crippen LogP contribution is 2.21. The zero-order chi connectivity index (χ0) is 15.3. The molecule has 0 saturated carbocycles. The lowest BCUT2D eigenvalue weighted by atomic mass is 10.1. The van der Waals surface area contributed by atoms with Crippen molar-refractivity contribution in [3.8, 4) is 0 Å². The minimum atomic E-state index is -0.758. The molecule has 0 radical (unpaired) electrons. The Balaban J connectivity index is 2.91. The average Bonchev–Trinajstić information content (AvgIpc) is 2.40. The van der Waals surface area contributed by atoms with E-state index in [1.807, 2.05) is 6.26 Å². The van der Waals surface area contributed by atoms with Gasteiger partial charge in [-0.25, -0.2) is 4.39 Å². The van der Waals surface area contributed by atoms with Gasteiger partial charge in [0.2, 0.25) is 11.8 Å². The number of carbonyl (C=O) groups is 2. The maximum atomic E-state index is 13.7. The van der Waals surface area contributed by atoms with E-state index in [0.29, 0.717) is 6.42 Å². The van der Waals surface area contributed by atoms with Crippen LogP contribution in [0.5, 0.6) is 0 Å². The van der Waals surface area contributed by atoms with Crippen LogP contribution in [0.3, 0.4) is 0 Å². The Morgan fingerprint density at radius 2 is 2.10 bits per heavy atom. The molecule has 5 nitrogen and oxygen atoms in total. The third-order valence-corrected chi connectivity index (χ3v) is 3.50. The van der Waals surface area contributed by atoms with Gasteiger partial charge in [-0.3, -0.25) is 9.59 Å². The molecule has 7 heteroatoms. The second-order valence-corrected chi connectivity index (χ2v) is 5.36. The highest BCUT2D eigenvalue weighted by atomic mass is 32.2. The molecule has 1 atom stereocenters. The molecule has 2 amide bonds. The molecule has 0 heterocycles. The summed E-state index contributed by atoms with van der Waals surface area (Å²) in [6, 6.07) is 1.71. The molecular formula is C13H18FN3O2S. The molecule has 0 aromatic heterocycles. The van der Waals surface area contributed by atoms with E-state index in [-0.39, 0.29) is 16.8 Å². The quantitative estimate of drug-likeness (QED) is 0.736. The number of rotatable bonds is 6. The van der Waals surface area contributed by atoms with Crippen molar-refractivity contribution < 1.29 is 14.0 Å². The van der Waals surface area contributed by atoms with Gasteiger partial charge in [0.1, 0.15) is 5.82 Å². The summed E-state index contributed by atoms with van der Waals surface area (Å²) in [6.45, 7) is 1.50. The molecule has 5 N–H and O–H groups in total. The molecule has 20 heavy (non-hydrogen) atoms. The monoisotopic (exact) mass is 299 g/mol. The van der Waals surface area contributed by atoms with Crippen LogP contribution in [0.1, 0.15) is 22.3 Å². The molecule has 1 rings (SSSR count). The largest absolute Gasteiger partial charge is 0.366 e. The lowest BCUT2D eigenvalue weighted by Gasteiger charge is -2.14. The van der Waals surface area contributed by atoms with E-state index in [2.05, 4.69) is 5.32 Å². The zero-order valence-electron chi connectivity index (χ0n) is 11.4. The van der Waals surface area contributed by atoms with Crippen molar-refractivity contribution in [2.45, 2.75) is 19.4 Å². The topological polar surface area (TPSA) is 98.2 Å². The highest BCUT2D eigenvalue weighted by molar-refractivity contribution is 7.98. The van der Waals surface area contributed by atoms with Gasteiger partial charge >= 0.3 is 0 Å². The van der Waals surface area contributed by atoms with Crippen LogP contribution in [-0.4, -0.2) is 29.9 Å². The van der Waals surface area contributed by atoms with Crippen LogP contribution in [0, 0.1) is 12.7 Å². The van der Waals surface area contributed by atoms with Crippen molar-refractivity contribution in [1.29, 1.82) is 0 Å². The van der Waals surface area contributed by atoms with E-state index in [1.165, 1.54) is 13.0 Å². The average molecular weight is 299 g/mol. The molecule has 0 aliphatic heterocycles. The van der Waals surface area contributed by atoms with E-state index in [9.17, 15) is 14.0 Å². The van der Waals surface area contributed by atoms with Crippen molar-refractivity contribution in [3.05, 3.63) is 29.1 Å². The smallest absolute Gasteiger partial charge is 0.248 e. The summed E-state index contributed by atoms with van der Waals surface area (Å²) in [6.07, 6.45) is 2.44. The number of hydrogen-bond acceptors (Lipinski definition) is 4. The second-order valence-electron chi connectivity index (χ2n) is 4.37. The molecule has 0 fully saturated rings. The van der Waals surface area contributed by atoms with Gasteiger partial charge < -0.3 is 16.8 Å². The van der Waals surface area contributed by atoms with Gasteiger partial charge in [-0.05, 0) is 37.5 Å². The lowest BCUT2D eigenvalue weighted by Crippen LogP contribution is -2.36. The van der Waals surface area contributed by atoms with Crippen molar-refractivity contribution >= 4 is 29.3 Å². The van der Waals surface area contributed by atoms with Gasteiger partial charge in [0.25, 0.3) is 0 Å². The number of anilines is 1. The van der Waals surface area contributed by atoms with E-state index in [1.54, 1.807) is 11.8 Å². The predicted octanol–water partition coefficient (Wildman–Crippen LogP) is 1.25. The van der Waals surface area contributed by atoms with E-state index < -0.39 is 23.7 Å². The SMILES string of the molecule is CSCC[C@H](N)C(=O)Nc1cc(C(N)=O)cc(F)c1C. The van der Waals surface area contributed by atoms with Gasteiger partial charge in [-0.2, -0.15) is 11.8 Å². The number of benzene rings is 1. The molecule has 0 unspecified atom stereocenters. The Morgan fingerprint density at radius 3 is 2.65 bits per heavy atom. The molecule has 1 aromatic carbocycles. The third kappa shape index (κ3) is 4.21. The first-order valence-corrected chi connectivity index (χ1v) is 7.41. The van der Waals surface area contributed by atoms with Crippen LogP contribution < -0.4 is 16.8 Å². The van der Waals surface area contributed by atoms with Gasteiger partial charge in [0, 0.05) is 16.8 Å². The molecule has 0 bridgehead atoms. The highest BCUT2D eigenvalue weighted by Gasteiger charge is 2.16. The Morgan fingerprint density at radius 1 is 1.45 bits per heavy atom. The fourth-order valence-electron chi connectivity index (χ4n) is 1.55. The van der Waals surface area contributed by atoms with Gasteiger partial charge in [0.05, 0.1) is 6.04 Å². The number of halogens is 1. The first kappa shape index (κ1) is 16.5. The summed E-state index contributed by atoms with van der Waals surface area (Å²) in [7, 11) is 0. The van der Waals surface area contributed by atoms with Crippen LogP contribution in [0.4, 0.5) is 10.1 Å². The number of thioether (sulfide) groups is 1. The number of primary amides is 1. The van der Waals surface area contributed by atoms with E-state index in [4.69, 9.17) is 11.5 Å². The molecule has 0 spiro atoms. The van der Waals surface area contributed by atoms with Crippen molar-refractivity contribution in [3.63, 3.8) is 0 Å². The molecule has 0 aliphatic carbocycles. The van der Waals surface area contributed by atoms with Crippen LogP contribution in [0.25, 0.3) is 0 Å². The summed E-state index contributed by atoms with van der Waals surface area (Å²) in [5.41, 5.74) is 11.3. The molecule has 0 aliphatic rings. The standard InChI is InChI=1S/C13H18FN3O2S/c1-7-9(14)5-8(12(16)18)6-11(7)17-13(19)10(15)3-4-20-2/h5-6,10H,3-4,15H2,1-2H3,(H2,16,18)(H,17,19)/t10-/m0/s1. The van der Waals surface area contributed by atoms with Crippen molar-refractivity contribution in [2.75, 3.05) is 17.3 Å². The Labute approximate surface area is 121 Å². The number of nitrogens with two attached hydrogens (primary N) is 2. The van der Waals surface area contributed by atoms with Crippen LogP contribution in [0.2, 0.25) is 0 Å². The predicted molar refractivity (Wildman–Crippen MR) is 79.3 cm³/mol. The van der Waals surface area contributed by atoms with Crippen LogP contribution >= 0.6 is 11.8 Å². The number of hydrogen-bond donors (Lipinski definition) is 3. The fraction of sp³-hybridized carbons (Fsp3) is 0.385. The Kier molecular flexibility index (Phi) is 5.97. The number of nitrogens with one attached hydrogen (secondary N) is 1. The molecule has 110 valence electrons. The number of amides is 2. The summed E-state index contributed by atoms with van der Waals surface area (Å²) in [4.78, 5) is 23.0. The Bertz CT molecular complexity index is 523. The van der Waals surface area contributed by atoms with Gasteiger partial charge in [-0.15, -0.1) is 0 Å². The first-order chi connectivity index (χ1) is 9.36. The summed E-state index contributed by atoms with van der Waals surface area (Å²) < 4.78 is 13.7. The Hall–Kier alpha value is -1.60. The normalized spacial score (nSPS) is 12.0. The van der Waals surface area contributed by atoms with Gasteiger partial charge in [-0.1, -0.05) is 0 Å². The summed E-state index contributed by atoms with van der Waals surface area (Å²) >= 11 is 1.58. The fourth-order valence-corrected chi connectivity index (χ4v) is 2.04. The summed E-state index contributed by atoms with van der Waals surface area (Å²) in [5.74, 6) is -1.02. The number of carbonyl (C=O) groups excluding carboxylic acids is 2. The molecule has 1 aromatic rings. The minimum absolute atomic E-state index is 0.00100. The maximum absolute atomic E-state index is 13.7. The second kappa shape index (κ2) is 7.25. The van der Waals surface area contributed by atoms with E-state index in [0.717, 1.165) is 11.8 Å². The minimum Gasteiger partial charge on any atom is -0.366 e. The molecular weight excluding hydrogens is 281 g/mol.